The van der Waals surface area contributed by atoms with Crippen molar-refractivity contribution in [3.63, 3.8) is 0 Å². The van der Waals surface area contributed by atoms with Crippen molar-refractivity contribution in [2.75, 3.05) is 33.0 Å². The van der Waals surface area contributed by atoms with Crippen LogP contribution in [0.1, 0.15) is 19.8 Å². The van der Waals surface area contributed by atoms with E-state index in [0.717, 1.165) is 6.42 Å². The molecule has 1 saturated heterocycles. The van der Waals surface area contributed by atoms with Crippen molar-refractivity contribution in [3.8, 4) is 0 Å². The number of hydrogen-bond donors (Lipinski definition) is 2. The van der Waals surface area contributed by atoms with E-state index in [4.69, 9.17) is 9.47 Å². The largest absolute Gasteiger partial charge is 0.386 e. The zero-order chi connectivity index (χ0) is 11.1. The van der Waals surface area contributed by atoms with Gasteiger partial charge in [-0.1, -0.05) is 6.92 Å². The molecule has 0 aliphatic carbocycles. The van der Waals surface area contributed by atoms with Gasteiger partial charge in [-0.15, -0.1) is 0 Å². The summed E-state index contributed by atoms with van der Waals surface area (Å²) in [6, 6.07) is 0. The molecule has 5 heteroatoms. The summed E-state index contributed by atoms with van der Waals surface area (Å²) >= 11 is 0. The van der Waals surface area contributed by atoms with Crippen molar-refractivity contribution in [1.29, 1.82) is 0 Å². The second-order valence-corrected chi connectivity index (χ2v) is 3.86. The fourth-order valence-corrected chi connectivity index (χ4v) is 1.36. The van der Waals surface area contributed by atoms with Gasteiger partial charge in [0.25, 0.3) is 0 Å². The SMILES string of the molecule is CCCOCC(=O)NCC1(O)CCOC1. The van der Waals surface area contributed by atoms with Gasteiger partial charge in [0.05, 0.1) is 6.61 Å². The Morgan fingerprint density at radius 1 is 1.67 bits per heavy atom. The van der Waals surface area contributed by atoms with Crippen LogP contribution < -0.4 is 5.32 Å². The lowest BCUT2D eigenvalue weighted by atomic mass is 10.0. The van der Waals surface area contributed by atoms with E-state index in [2.05, 4.69) is 5.32 Å². The molecule has 0 saturated carbocycles. The number of amides is 1. The van der Waals surface area contributed by atoms with Crippen LogP contribution in [0, 0.1) is 0 Å². The first-order valence-electron chi connectivity index (χ1n) is 5.31. The van der Waals surface area contributed by atoms with Gasteiger partial charge in [0.15, 0.2) is 0 Å². The maximum absolute atomic E-state index is 11.2. The molecular formula is C10H19NO4. The van der Waals surface area contributed by atoms with E-state index in [1.54, 1.807) is 0 Å². The second-order valence-electron chi connectivity index (χ2n) is 3.86. The van der Waals surface area contributed by atoms with Crippen molar-refractivity contribution >= 4 is 5.91 Å². The van der Waals surface area contributed by atoms with Gasteiger partial charge in [-0.05, 0) is 6.42 Å². The maximum atomic E-state index is 11.2. The third-order valence-electron chi connectivity index (χ3n) is 2.28. The molecule has 1 aliphatic heterocycles. The fraction of sp³-hybridized carbons (Fsp3) is 0.900. The van der Waals surface area contributed by atoms with Gasteiger partial charge in [-0.3, -0.25) is 4.79 Å². The van der Waals surface area contributed by atoms with Gasteiger partial charge >= 0.3 is 0 Å². The third-order valence-corrected chi connectivity index (χ3v) is 2.28. The van der Waals surface area contributed by atoms with E-state index in [1.807, 2.05) is 6.92 Å². The standard InChI is InChI=1S/C10H19NO4/c1-2-4-14-6-9(12)11-7-10(13)3-5-15-8-10/h13H,2-8H2,1H3,(H,11,12). The van der Waals surface area contributed by atoms with Gasteiger partial charge in [0, 0.05) is 26.2 Å². The lowest BCUT2D eigenvalue weighted by Crippen LogP contribution is -2.44. The van der Waals surface area contributed by atoms with Crippen molar-refractivity contribution in [3.05, 3.63) is 0 Å². The van der Waals surface area contributed by atoms with Crippen molar-refractivity contribution < 1.29 is 19.4 Å². The molecule has 0 bridgehead atoms. The first kappa shape index (κ1) is 12.4. The summed E-state index contributed by atoms with van der Waals surface area (Å²) in [6.45, 7) is 3.71. The molecule has 15 heavy (non-hydrogen) atoms. The number of nitrogens with one attached hydrogen (secondary N) is 1. The molecule has 0 aromatic carbocycles. The molecule has 1 aliphatic rings. The number of rotatable bonds is 6. The van der Waals surface area contributed by atoms with Gasteiger partial charge in [-0.25, -0.2) is 0 Å². The number of hydrogen-bond acceptors (Lipinski definition) is 4. The average Bonchev–Trinajstić information content (AvgIpc) is 2.64. The van der Waals surface area contributed by atoms with E-state index < -0.39 is 5.60 Å². The Kier molecular flexibility index (Phi) is 5.01. The van der Waals surface area contributed by atoms with Crippen LogP contribution in [-0.2, 0) is 14.3 Å². The Balaban J connectivity index is 2.10. The Labute approximate surface area is 89.8 Å². The van der Waals surface area contributed by atoms with E-state index in [9.17, 15) is 9.90 Å². The zero-order valence-electron chi connectivity index (χ0n) is 9.12. The highest BCUT2D eigenvalue weighted by Crippen LogP contribution is 2.16. The van der Waals surface area contributed by atoms with Crippen LogP contribution in [-0.4, -0.2) is 49.6 Å². The number of aliphatic hydroxyl groups is 1. The third kappa shape index (κ3) is 4.59. The minimum Gasteiger partial charge on any atom is -0.386 e. The van der Waals surface area contributed by atoms with Crippen molar-refractivity contribution in [2.24, 2.45) is 0 Å². The molecule has 5 nitrogen and oxygen atoms in total. The van der Waals surface area contributed by atoms with Crippen LogP contribution >= 0.6 is 0 Å². The van der Waals surface area contributed by atoms with E-state index in [1.165, 1.54) is 0 Å². The summed E-state index contributed by atoms with van der Waals surface area (Å²) in [7, 11) is 0. The molecule has 1 atom stereocenters. The minimum atomic E-state index is -0.888. The van der Waals surface area contributed by atoms with Gasteiger partial charge in [-0.2, -0.15) is 0 Å². The van der Waals surface area contributed by atoms with Crippen LogP contribution in [0.2, 0.25) is 0 Å². The van der Waals surface area contributed by atoms with Crippen molar-refractivity contribution in [1.82, 2.24) is 5.32 Å². The Morgan fingerprint density at radius 2 is 2.47 bits per heavy atom. The quantitative estimate of drug-likeness (QED) is 0.598. The molecular weight excluding hydrogens is 198 g/mol. The zero-order valence-corrected chi connectivity index (χ0v) is 9.12. The lowest BCUT2D eigenvalue weighted by molar-refractivity contribution is -0.126. The number of carbonyl (C=O) groups is 1. The highest BCUT2D eigenvalue weighted by molar-refractivity contribution is 5.77. The first-order valence-corrected chi connectivity index (χ1v) is 5.31. The van der Waals surface area contributed by atoms with Crippen LogP contribution in [0.5, 0.6) is 0 Å². The summed E-state index contributed by atoms with van der Waals surface area (Å²) < 4.78 is 10.1. The Hall–Kier alpha value is -0.650. The minimum absolute atomic E-state index is 0.0603. The van der Waals surface area contributed by atoms with Gasteiger partial charge in [0.1, 0.15) is 12.2 Å². The molecule has 1 rings (SSSR count). The number of ether oxygens (including phenoxy) is 2. The van der Waals surface area contributed by atoms with Crippen LogP contribution in [0.25, 0.3) is 0 Å². The molecule has 88 valence electrons. The maximum Gasteiger partial charge on any atom is 0.246 e. The Bertz CT molecular complexity index is 202. The summed E-state index contributed by atoms with van der Waals surface area (Å²) in [6.07, 6.45) is 1.47. The predicted molar refractivity (Wildman–Crippen MR) is 54.5 cm³/mol. The summed E-state index contributed by atoms with van der Waals surface area (Å²) in [5.41, 5.74) is -0.888. The van der Waals surface area contributed by atoms with Crippen LogP contribution in [0.4, 0.5) is 0 Å². The molecule has 2 N–H and O–H groups in total. The summed E-state index contributed by atoms with van der Waals surface area (Å²) in [5, 5.41) is 12.5. The molecule has 1 fully saturated rings. The highest BCUT2D eigenvalue weighted by Gasteiger charge is 2.32. The van der Waals surface area contributed by atoms with Crippen molar-refractivity contribution in [2.45, 2.75) is 25.4 Å². The molecule has 0 radical (unpaired) electrons. The average molecular weight is 217 g/mol. The molecule has 1 unspecified atom stereocenters. The molecule has 1 heterocycles. The van der Waals surface area contributed by atoms with Gasteiger partial charge < -0.3 is 19.9 Å². The van der Waals surface area contributed by atoms with Crippen LogP contribution in [0.15, 0.2) is 0 Å². The Morgan fingerprint density at radius 3 is 3.07 bits per heavy atom. The summed E-state index contributed by atoms with van der Waals surface area (Å²) in [5.74, 6) is -0.191. The molecule has 0 aromatic rings. The fourth-order valence-electron chi connectivity index (χ4n) is 1.36. The second kappa shape index (κ2) is 6.05. The summed E-state index contributed by atoms with van der Waals surface area (Å²) in [4.78, 5) is 11.2. The van der Waals surface area contributed by atoms with Crippen LogP contribution in [0.3, 0.4) is 0 Å². The predicted octanol–water partition coefficient (Wildman–Crippen LogP) is -0.319. The highest BCUT2D eigenvalue weighted by atomic mass is 16.5. The number of carbonyl (C=O) groups excluding carboxylic acids is 1. The van der Waals surface area contributed by atoms with Gasteiger partial charge in [0.2, 0.25) is 5.91 Å². The van der Waals surface area contributed by atoms with E-state index in [-0.39, 0.29) is 19.1 Å². The van der Waals surface area contributed by atoms with E-state index in [0.29, 0.717) is 26.2 Å². The normalized spacial score (nSPS) is 25.5. The topological polar surface area (TPSA) is 67.8 Å². The molecule has 0 aromatic heterocycles. The smallest absolute Gasteiger partial charge is 0.246 e. The molecule has 0 spiro atoms. The first-order chi connectivity index (χ1) is 7.16. The lowest BCUT2D eigenvalue weighted by Gasteiger charge is -2.20. The van der Waals surface area contributed by atoms with E-state index >= 15 is 0 Å². The molecule has 1 amide bonds. The monoisotopic (exact) mass is 217 g/mol.